The standard InChI is InChI=1S/C20H34N4O4/c1-3-17(25)21-13-9-5-7-11-19(27)23-15-16-24-20(28)12-8-6-10-14-22-18(26)4-2/h3-4H,1-2,5-16H2,(H,21,25)(H,22,26)(H,23,27)(H,24,28). The van der Waals surface area contributed by atoms with Crippen molar-refractivity contribution in [1.29, 1.82) is 0 Å². The normalized spacial score (nSPS) is 9.86. The van der Waals surface area contributed by atoms with Crippen LogP contribution in [0.2, 0.25) is 0 Å². The van der Waals surface area contributed by atoms with Crippen molar-refractivity contribution in [2.24, 2.45) is 0 Å². The van der Waals surface area contributed by atoms with E-state index in [9.17, 15) is 19.2 Å². The summed E-state index contributed by atoms with van der Waals surface area (Å²) in [6.45, 7) is 8.74. The lowest BCUT2D eigenvalue weighted by atomic mass is 10.2. The molecular weight excluding hydrogens is 360 g/mol. The summed E-state index contributed by atoms with van der Waals surface area (Å²) in [5, 5.41) is 10.9. The third kappa shape index (κ3) is 16.8. The van der Waals surface area contributed by atoms with Crippen LogP contribution in [0.25, 0.3) is 0 Å². The predicted octanol–water partition coefficient (Wildman–Crippen LogP) is 0.944. The summed E-state index contributed by atoms with van der Waals surface area (Å²) in [6.07, 6.45) is 8.23. The van der Waals surface area contributed by atoms with Crippen molar-refractivity contribution < 1.29 is 19.2 Å². The van der Waals surface area contributed by atoms with Gasteiger partial charge in [-0.25, -0.2) is 0 Å². The van der Waals surface area contributed by atoms with Crippen LogP contribution < -0.4 is 21.3 Å². The SMILES string of the molecule is C=CC(=O)NCCCCCC(=O)NCCNC(=O)CCCCCNC(=O)C=C. The van der Waals surface area contributed by atoms with E-state index in [-0.39, 0.29) is 23.6 Å². The van der Waals surface area contributed by atoms with Crippen molar-refractivity contribution in [3.05, 3.63) is 25.3 Å². The molecule has 0 bridgehead atoms. The van der Waals surface area contributed by atoms with E-state index < -0.39 is 0 Å². The fraction of sp³-hybridized carbons (Fsp3) is 0.600. The van der Waals surface area contributed by atoms with Crippen molar-refractivity contribution in [1.82, 2.24) is 21.3 Å². The summed E-state index contributed by atoms with van der Waals surface area (Å²) in [5.41, 5.74) is 0. The van der Waals surface area contributed by atoms with Gasteiger partial charge in [0.2, 0.25) is 23.6 Å². The van der Waals surface area contributed by atoms with Gasteiger partial charge >= 0.3 is 0 Å². The zero-order chi connectivity index (χ0) is 21.0. The van der Waals surface area contributed by atoms with E-state index in [4.69, 9.17) is 0 Å². The Hall–Kier alpha value is -2.64. The number of amides is 4. The van der Waals surface area contributed by atoms with Gasteiger partial charge < -0.3 is 21.3 Å². The second kappa shape index (κ2) is 17.8. The smallest absolute Gasteiger partial charge is 0.243 e. The van der Waals surface area contributed by atoms with Crippen LogP contribution in [0.5, 0.6) is 0 Å². The number of hydrogen-bond acceptors (Lipinski definition) is 4. The zero-order valence-corrected chi connectivity index (χ0v) is 16.7. The lowest BCUT2D eigenvalue weighted by Gasteiger charge is -2.07. The Morgan fingerprint density at radius 1 is 0.536 bits per heavy atom. The van der Waals surface area contributed by atoms with Crippen molar-refractivity contribution in [2.75, 3.05) is 26.2 Å². The van der Waals surface area contributed by atoms with Gasteiger partial charge in [0.05, 0.1) is 0 Å². The fourth-order valence-electron chi connectivity index (χ4n) is 2.32. The maximum atomic E-state index is 11.7. The Kier molecular flexibility index (Phi) is 16.1. The lowest BCUT2D eigenvalue weighted by molar-refractivity contribution is -0.123. The Morgan fingerprint density at radius 2 is 0.929 bits per heavy atom. The first-order valence-electron chi connectivity index (χ1n) is 9.83. The summed E-state index contributed by atoms with van der Waals surface area (Å²) in [6, 6.07) is 0. The van der Waals surface area contributed by atoms with E-state index in [2.05, 4.69) is 34.4 Å². The van der Waals surface area contributed by atoms with E-state index in [0.717, 1.165) is 38.5 Å². The van der Waals surface area contributed by atoms with Crippen LogP contribution in [-0.2, 0) is 19.2 Å². The molecule has 28 heavy (non-hydrogen) atoms. The molecule has 0 saturated heterocycles. The predicted molar refractivity (Wildman–Crippen MR) is 109 cm³/mol. The Bertz CT molecular complexity index is 474. The maximum absolute atomic E-state index is 11.7. The third-order valence-corrected chi connectivity index (χ3v) is 3.90. The minimum absolute atomic E-state index is 0.0362. The molecule has 0 radical (unpaired) electrons. The molecule has 0 aliphatic rings. The Balaban J connectivity index is 3.43. The van der Waals surface area contributed by atoms with E-state index >= 15 is 0 Å². The number of unbranched alkanes of at least 4 members (excludes halogenated alkanes) is 4. The second-order valence-electron chi connectivity index (χ2n) is 6.31. The van der Waals surface area contributed by atoms with Gasteiger partial charge in [0.15, 0.2) is 0 Å². The second-order valence-corrected chi connectivity index (χ2v) is 6.31. The van der Waals surface area contributed by atoms with Gasteiger partial charge in [-0.15, -0.1) is 0 Å². The van der Waals surface area contributed by atoms with Gasteiger partial charge in [-0.1, -0.05) is 26.0 Å². The van der Waals surface area contributed by atoms with E-state index in [1.54, 1.807) is 0 Å². The first kappa shape index (κ1) is 25.4. The van der Waals surface area contributed by atoms with Crippen LogP contribution in [-0.4, -0.2) is 49.8 Å². The van der Waals surface area contributed by atoms with Crippen LogP contribution in [0.4, 0.5) is 0 Å². The molecule has 0 aliphatic heterocycles. The summed E-state index contributed by atoms with van der Waals surface area (Å²) in [4.78, 5) is 45.2. The van der Waals surface area contributed by atoms with Gasteiger partial charge in [-0.05, 0) is 37.8 Å². The number of nitrogens with one attached hydrogen (secondary N) is 4. The molecule has 0 aromatic rings. The van der Waals surface area contributed by atoms with Gasteiger partial charge in [0, 0.05) is 39.0 Å². The van der Waals surface area contributed by atoms with Crippen LogP contribution in [0.15, 0.2) is 25.3 Å². The first-order valence-corrected chi connectivity index (χ1v) is 9.83. The van der Waals surface area contributed by atoms with E-state index in [0.29, 0.717) is 39.0 Å². The monoisotopic (exact) mass is 394 g/mol. The molecular formula is C20H34N4O4. The highest BCUT2D eigenvalue weighted by atomic mass is 16.2. The van der Waals surface area contributed by atoms with Crippen molar-refractivity contribution in [3.8, 4) is 0 Å². The molecule has 0 unspecified atom stereocenters. The number of hydrogen-bond donors (Lipinski definition) is 4. The maximum Gasteiger partial charge on any atom is 0.243 e. The molecule has 0 aromatic heterocycles. The van der Waals surface area contributed by atoms with Crippen molar-refractivity contribution in [2.45, 2.75) is 51.4 Å². The summed E-state index contributed by atoms with van der Waals surface area (Å²) in [7, 11) is 0. The molecule has 0 heterocycles. The molecule has 0 atom stereocenters. The molecule has 0 spiro atoms. The molecule has 0 rings (SSSR count). The van der Waals surface area contributed by atoms with Gasteiger partial charge in [0.1, 0.15) is 0 Å². The quantitative estimate of drug-likeness (QED) is 0.217. The van der Waals surface area contributed by atoms with Crippen LogP contribution in [0.1, 0.15) is 51.4 Å². The minimum atomic E-state index is -0.184. The molecule has 0 fully saturated rings. The minimum Gasteiger partial charge on any atom is -0.354 e. The van der Waals surface area contributed by atoms with E-state index in [1.807, 2.05) is 0 Å². The molecule has 0 saturated carbocycles. The average Bonchev–Trinajstić information content (AvgIpc) is 2.69. The highest BCUT2D eigenvalue weighted by Crippen LogP contribution is 1.99. The topological polar surface area (TPSA) is 116 Å². The summed E-state index contributed by atoms with van der Waals surface area (Å²) in [5.74, 6) is -0.439. The van der Waals surface area contributed by atoms with Crippen LogP contribution in [0.3, 0.4) is 0 Å². The number of carbonyl (C=O) groups is 4. The number of carbonyl (C=O) groups excluding carboxylic acids is 4. The molecule has 4 N–H and O–H groups in total. The highest BCUT2D eigenvalue weighted by Gasteiger charge is 2.03. The van der Waals surface area contributed by atoms with Crippen LogP contribution in [0, 0.1) is 0 Å². The lowest BCUT2D eigenvalue weighted by Crippen LogP contribution is -2.34. The first-order chi connectivity index (χ1) is 13.5. The average molecular weight is 395 g/mol. The molecule has 158 valence electrons. The summed E-state index contributed by atoms with van der Waals surface area (Å²) < 4.78 is 0. The third-order valence-electron chi connectivity index (χ3n) is 3.90. The molecule has 0 aliphatic carbocycles. The van der Waals surface area contributed by atoms with Gasteiger partial charge in [-0.2, -0.15) is 0 Å². The van der Waals surface area contributed by atoms with Crippen LogP contribution >= 0.6 is 0 Å². The number of rotatable bonds is 17. The summed E-state index contributed by atoms with van der Waals surface area (Å²) >= 11 is 0. The van der Waals surface area contributed by atoms with Gasteiger partial charge in [0.25, 0.3) is 0 Å². The molecule has 8 heteroatoms. The molecule has 0 aromatic carbocycles. The Morgan fingerprint density at radius 3 is 1.29 bits per heavy atom. The van der Waals surface area contributed by atoms with Crippen molar-refractivity contribution >= 4 is 23.6 Å². The van der Waals surface area contributed by atoms with Crippen molar-refractivity contribution in [3.63, 3.8) is 0 Å². The molecule has 4 amide bonds. The highest BCUT2D eigenvalue weighted by molar-refractivity contribution is 5.87. The zero-order valence-electron chi connectivity index (χ0n) is 16.7. The Labute approximate surface area is 167 Å². The van der Waals surface area contributed by atoms with E-state index in [1.165, 1.54) is 12.2 Å². The fourth-order valence-corrected chi connectivity index (χ4v) is 2.32. The largest absolute Gasteiger partial charge is 0.354 e. The van der Waals surface area contributed by atoms with Gasteiger partial charge in [-0.3, -0.25) is 19.2 Å². The molecule has 8 nitrogen and oxygen atoms in total.